The van der Waals surface area contributed by atoms with Gasteiger partial charge in [-0.25, -0.2) is 9.37 Å². The van der Waals surface area contributed by atoms with E-state index in [4.69, 9.17) is 19.0 Å². The van der Waals surface area contributed by atoms with Crippen molar-refractivity contribution in [2.75, 3.05) is 13.2 Å². The fraction of sp³-hybridized carbons (Fsp3) is 0.167. The molecule has 1 N–H and O–H groups in total. The predicted octanol–water partition coefficient (Wildman–Crippen LogP) is 3.43. The number of ether oxygens (including phenoxy) is 2. The van der Waals surface area contributed by atoms with E-state index < -0.39 is 0 Å². The van der Waals surface area contributed by atoms with Crippen LogP contribution in [0, 0.1) is 5.82 Å². The molecule has 24 heavy (non-hydrogen) atoms. The van der Waals surface area contributed by atoms with Crippen LogP contribution in [0.1, 0.15) is 5.89 Å². The highest BCUT2D eigenvalue weighted by atomic mass is 19.1. The summed E-state index contributed by atoms with van der Waals surface area (Å²) in [5.74, 6) is 1.56. The molecule has 0 atom stereocenters. The zero-order valence-corrected chi connectivity index (χ0v) is 12.8. The highest BCUT2D eigenvalue weighted by Gasteiger charge is 2.10. The number of benzene rings is 2. The number of aliphatic hydroxyl groups excluding tert-OH is 1. The molecule has 0 fully saturated rings. The van der Waals surface area contributed by atoms with Gasteiger partial charge >= 0.3 is 0 Å². The number of para-hydroxylation sites is 2. The maximum atomic E-state index is 13.3. The topological polar surface area (TPSA) is 64.7 Å². The van der Waals surface area contributed by atoms with Crippen LogP contribution in [0.25, 0.3) is 11.3 Å². The van der Waals surface area contributed by atoms with Gasteiger partial charge < -0.3 is 19.0 Å². The zero-order chi connectivity index (χ0) is 16.8. The number of aliphatic hydroxyl groups is 1. The molecule has 2 aromatic carbocycles. The molecular weight excluding hydrogens is 313 g/mol. The molecule has 1 aromatic heterocycles. The van der Waals surface area contributed by atoms with Gasteiger partial charge in [-0.3, -0.25) is 0 Å². The van der Waals surface area contributed by atoms with Crippen molar-refractivity contribution < 1.29 is 23.4 Å². The molecule has 0 aliphatic heterocycles. The first-order valence-corrected chi connectivity index (χ1v) is 7.42. The molecule has 124 valence electrons. The summed E-state index contributed by atoms with van der Waals surface area (Å²) in [7, 11) is 0. The van der Waals surface area contributed by atoms with Crippen LogP contribution in [0.4, 0.5) is 4.39 Å². The molecule has 3 aromatic rings. The van der Waals surface area contributed by atoms with E-state index in [0.29, 0.717) is 28.7 Å². The molecule has 0 spiro atoms. The lowest BCUT2D eigenvalue weighted by Crippen LogP contribution is -2.04. The van der Waals surface area contributed by atoms with E-state index in [1.165, 1.54) is 18.3 Å². The molecule has 3 rings (SSSR count). The van der Waals surface area contributed by atoms with Crippen molar-refractivity contribution in [2.45, 2.75) is 6.61 Å². The van der Waals surface area contributed by atoms with E-state index in [1.54, 1.807) is 24.3 Å². The lowest BCUT2D eigenvalue weighted by Gasteiger charge is -2.10. The smallest absolute Gasteiger partial charge is 0.232 e. The van der Waals surface area contributed by atoms with Gasteiger partial charge in [0.15, 0.2) is 23.9 Å². The summed E-state index contributed by atoms with van der Waals surface area (Å²) in [6.07, 6.45) is 1.53. The third kappa shape index (κ3) is 3.91. The van der Waals surface area contributed by atoms with Crippen LogP contribution in [-0.2, 0) is 6.61 Å². The van der Waals surface area contributed by atoms with E-state index in [1.807, 2.05) is 12.1 Å². The van der Waals surface area contributed by atoms with Crippen LogP contribution in [0.2, 0.25) is 0 Å². The summed E-state index contributed by atoms with van der Waals surface area (Å²) >= 11 is 0. The van der Waals surface area contributed by atoms with Crippen molar-refractivity contribution in [3.8, 4) is 22.8 Å². The Balaban J connectivity index is 1.68. The minimum absolute atomic E-state index is 0.0783. The zero-order valence-electron chi connectivity index (χ0n) is 12.8. The maximum Gasteiger partial charge on any atom is 0.232 e. The van der Waals surface area contributed by atoms with E-state index in [-0.39, 0.29) is 25.6 Å². The van der Waals surface area contributed by atoms with Gasteiger partial charge in [0.1, 0.15) is 12.4 Å². The van der Waals surface area contributed by atoms with Crippen LogP contribution in [0.5, 0.6) is 11.5 Å². The quantitative estimate of drug-likeness (QED) is 0.719. The lowest BCUT2D eigenvalue weighted by molar-refractivity contribution is 0.189. The fourth-order valence-electron chi connectivity index (χ4n) is 2.14. The molecule has 0 amide bonds. The Kier molecular flexibility index (Phi) is 5.08. The molecule has 0 saturated heterocycles. The third-order valence-electron chi connectivity index (χ3n) is 3.21. The normalized spacial score (nSPS) is 10.6. The maximum absolute atomic E-state index is 13.3. The lowest BCUT2D eigenvalue weighted by atomic mass is 10.2. The third-order valence-corrected chi connectivity index (χ3v) is 3.21. The number of nitrogens with zero attached hydrogens (tertiary/aromatic N) is 1. The van der Waals surface area contributed by atoms with Crippen molar-refractivity contribution in [1.29, 1.82) is 0 Å². The van der Waals surface area contributed by atoms with Gasteiger partial charge in [-0.15, -0.1) is 0 Å². The van der Waals surface area contributed by atoms with Gasteiger partial charge in [-0.05, 0) is 24.3 Å². The Morgan fingerprint density at radius 3 is 2.58 bits per heavy atom. The van der Waals surface area contributed by atoms with Gasteiger partial charge in [-0.1, -0.05) is 24.3 Å². The Morgan fingerprint density at radius 1 is 1.04 bits per heavy atom. The molecule has 0 bridgehead atoms. The van der Waals surface area contributed by atoms with Crippen molar-refractivity contribution in [3.63, 3.8) is 0 Å². The fourth-order valence-corrected chi connectivity index (χ4v) is 2.14. The number of halogens is 1. The van der Waals surface area contributed by atoms with Gasteiger partial charge in [0.2, 0.25) is 5.89 Å². The first-order chi connectivity index (χ1) is 11.8. The average molecular weight is 329 g/mol. The summed E-state index contributed by atoms with van der Waals surface area (Å²) in [5.41, 5.74) is 0.612. The van der Waals surface area contributed by atoms with Gasteiger partial charge in [0.05, 0.1) is 12.8 Å². The van der Waals surface area contributed by atoms with Crippen LogP contribution in [0.3, 0.4) is 0 Å². The summed E-state index contributed by atoms with van der Waals surface area (Å²) in [6, 6.07) is 13.2. The highest BCUT2D eigenvalue weighted by molar-refractivity contribution is 5.56. The second kappa shape index (κ2) is 7.61. The molecule has 0 radical (unpaired) electrons. The van der Waals surface area contributed by atoms with Crippen molar-refractivity contribution in [1.82, 2.24) is 4.98 Å². The average Bonchev–Trinajstić information content (AvgIpc) is 3.08. The molecule has 0 unspecified atom stereocenters. The summed E-state index contributed by atoms with van der Waals surface area (Å²) in [6.45, 7) is 0.211. The molecule has 1 heterocycles. The second-order valence-electron chi connectivity index (χ2n) is 4.94. The SMILES string of the molecule is OCCOc1ccccc1OCc1ncc(-c2cccc(F)c2)o1. The van der Waals surface area contributed by atoms with Crippen molar-refractivity contribution >= 4 is 0 Å². The number of oxazole rings is 1. The van der Waals surface area contributed by atoms with Gasteiger partial charge in [-0.2, -0.15) is 0 Å². The van der Waals surface area contributed by atoms with Crippen LogP contribution >= 0.6 is 0 Å². The molecular formula is C18H16FNO4. The Labute approximate surface area is 138 Å². The largest absolute Gasteiger partial charge is 0.487 e. The molecule has 0 aliphatic carbocycles. The summed E-state index contributed by atoms with van der Waals surface area (Å²) < 4.78 is 29.9. The molecule has 0 saturated carbocycles. The summed E-state index contributed by atoms with van der Waals surface area (Å²) in [4.78, 5) is 4.13. The monoisotopic (exact) mass is 329 g/mol. The minimum atomic E-state index is -0.336. The first-order valence-electron chi connectivity index (χ1n) is 7.42. The van der Waals surface area contributed by atoms with Crippen molar-refractivity contribution in [2.24, 2.45) is 0 Å². The molecule has 5 nitrogen and oxygen atoms in total. The summed E-state index contributed by atoms with van der Waals surface area (Å²) in [5, 5.41) is 8.84. The van der Waals surface area contributed by atoms with Gasteiger partial charge in [0.25, 0.3) is 0 Å². The molecule has 6 heteroatoms. The first kappa shape index (κ1) is 16.0. The van der Waals surface area contributed by atoms with Gasteiger partial charge in [0, 0.05) is 5.56 Å². The number of aromatic nitrogens is 1. The minimum Gasteiger partial charge on any atom is -0.487 e. The number of hydrogen-bond donors (Lipinski definition) is 1. The Hall–Kier alpha value is -2.86. The van der Waals surface area contributed by atoms with Crippen LogP contribution in [-0.4, -0.2) is 23.3 Å². The van der Waals surface area contributed by atoms with E-state index in [0.717, 1.165) is 0 Å². The predicted molar refractivity (Wildman–Crippen MR) is 85.3 cm³/mol. The number of rotatable bonds is 7. The van der Waals surface area contributed by atoms with Crippen LogP contribution in [0.15, 0.2) is 59.1 Å². The van der Waals surface area contributed by atoms with Crippen LogP contribution < -0.4 is 9.47 Å². The number of hydrogen-bond acceptors (Lipinski definition) is 5. The van der Waals surface area contributed by atoms with Crippen molar-refractivity contribution in [3.05, 3.63) is 66.4 Å². The Morgan fingerprint density at radius 2 is 1.83 bits per heavy atom. The Bertz CT molecular complexity index is 803. The molecule has 0 aliphatic rings. The second-order valence-corrected chi connectivity index (χ2v) is 4.94. The highest BCUT2D eigenvalue weighted by Crippen LogP contribution is 2.28. The van der Waals surface area contributed by atoms with E-state index in [9.17, 15) is 4.39 Å². The standard InChI is InChI=1S/C18H16FNO4/c19-14-5-3-4-13(10-14)17-11-20-18(24-17)12-23-16-7-2-1-6-15(16)22-9-8-21/h1-7,10-11,21H,8-9,12H2. The van der Waals surface area contributed by atoms with E-state index in [2.05, 4.69) is 4.98 Å². The van der Waals surface area contributed by atoms with E-state index >= 15 is 0 Å².